The molecule has 1 N–H and O–H groups in total. The van der Waals surface area contributed by atoms with Crippen LogP contribution in [0.3, 0.4) is 0 Å². The molecule has 1 amide bonds. The van der Waals surface area contributed by atoms with Crippen molar-refractivity contribution in [2.75, 3.05) is 0 Å². The van der Waals surface area contributed by atoms with Crippen LogP contribution >= 0.6 is 0 Å². The van der Waals surface area contributed by atoms with Gasteiger partial charge in [-0.2, -0.15) is 0 Å². The maximum absolute atomic E-state index is 13.2. The summed E-state index contributed by atoms with van der Waals surface area (Å²) in [6.45, 7) is 4.17. The number of ether oxygens (including phenoxy) is 1. The van der Waals surface area contributed by atoms with E-state index in [0.29, 0.717) is 5.56 Å². The quantitative estimate of drug-likeness (QED) is 0.371. The van der Waals surface area contributed by atoms with Gasteiger partial charge in [0, 0.05) is 30.9 Å². The molecule has 2 unspecified atom stereocenters. The van der Waals surface area contributed by atoms with Gasteiger partial charge in [-0.1, -0.05) is 35.9 Å². The second kappa shape index (κ2) is 8.20. The van der Waals surface area contributed by atoms with Crippen molar-refractivity contribution < 1.29 is 19.4 Å². The van der Waals surface area contributed by atoms with Crippen LogP contribution in [0.5, 0.6) is 5.75 Å². The number of carbonyl (C=O) groups excluding carboxylic acids is 2. The van der Waals surface area contributed by atoms with E-state index in [1.165, 1.54) is 4.90 Å². The maximum atomic E-state index is 13.2. The summed E-state index contributed by atoms with van der Waals surface area (Å²) in [4.78, 5) is 32.0. The molecule has 5 rings (SSSR count). The molecule has 0 bridgehead atoms. The normalized spacial score (nSPS) is 21.2. The predicted octanol–water partition coefficient (Wildman–Crippen LogP) is 4.34. The first-order valence-electron chi connectivity index (χ1n) is 11.0. The Morgan fingerprint density at radius 3 is 2.67 bits per heavy atom. The monoisotopic (exact) mass is 440 g/mol. The fourth-order valence-corrected chi connectivity index (χ4v) is 4.55. The van der Waals surface area contributed by atoms with Crippen molar-refractivity contribution in [3.05, 3.63) is 100 Å². The molecule has 2 aromatic carbocycles. The molecule has 6 nitrogen and oxygen atoms in total. The van der Waals surface area contributed by atoms with Crippen molar-refractivity contribution in [1.82, 2.24) is 9.88 Å². The number of Topliss-reactive ketones (excluding diaryl/α,β-unsaturated/α-hetero) is 1. The van der Waals surface area contributed by atoms with E-state index >= 15 is 0 Å². The number of amides is 1. The zero-order valence-corrected chi connectivity index (χ0v) is 18.5. The Bertz CT molecular complexity index is 1270. The number of hydrogen-bond acceptors (Lipinski definition) is 5. The van der Waals surface area contributed by atoms with E-state index in [-0.39, 0.29) is 24.0 Å². The number of aliphatic hydroxyl groups is 1. The van der Waals surface area contributed by atoms with Gasteiger partial charge in [-0.05, 0) is 54.8 Å². The first-order chi connectivity index (χ1) is 15.9. The number of benzene rings is 2. The number of hydrogen-bond donors (Lipinski definition) is 1. The van der Waals surface area contributed by atoms with E-state index in [1.807, 2.05) is 50.2 Å². The molecule has 0 spiro atoms. The molecule has 33 heavy (non-hydrogen) atoms. The highest BCUT2D eigenvalue weighted by Gasteiger charge is 2.46. The van der Waals surface area contributed by atoms with E-state index in [1.54, 1.807) is 30.6 Å². The number of nitrogens with zero attached hydrogens (tertiary/aromatic N) is 2. The number of aromatic nitrogens is 1. The van der Waals surface area contributed by atoms with E-state index < -0.39 is 17.7 Å². The van der Waals surface area contributed by atoms with Crippen molar-refractivity contribution in [2.24, 2.45) is 0 Å². The molecule has 0 radical (unpaired) electrons. The largest absolute Gasteiger partial charge is 0.507 e. The van der Waals surface area contributed by atoms with Crippen molar-refractivity contribution >= 4 is 17.4 Å². The lowest BCUT2D eigenvalue weighted by Gasteiger charge is -2.25. The van der Waals surface area contributed by atoms with Gasteiger partial charge in [-0.25, -0.2) is 0 Å². The minimum absolute atomic E-state index is 0.0648. The lowest BCUT2D eigenvalue weighted by atomic mass is 9.94. The van der Waals surface area contributed by atoms with Crippen molar-refractivity contribution in [3.63, 3.8) is 0 Å². The minimum Gasteiger partial charge on any atom is -0.507 e. The van der Waals surface area contributed by atoms with Crippen LogP contribution in [0.2, 0.25) is 0 Å². The van der Waals surface area contributed by atoms with Crippen molar-refractivity contribution in [2.45, 2.75) is 39.0 Å². The number of carbonyl (C=O) groups is 2. The third-order valence-corrected chi connectivity index (χ3v) is 6.18. The maximum Gasteiger partial charge on any atom is 0.295 e. The third-order valence-electron chi connectivity index (χ3n) is 6.18. The highest BCUT2D eigenvalue weighted by Crippen LogP contribution is 2.41. The number of ketones is 1. The standard InChI is InChI=1S/C27H24N2O4/c1-16-5-7-19(8-6-16)24-23(25(30)20-9-10-22-21(13-20)12-17(2)33-22)26(31)27(32)29(24)15-18-4-3-11-28-14-18/h3-11,13-14,17,24,30H,12,15H2,1-2H3. The number of rotatable bonds is 4. The first-order valence-corrected chi connectivity index (χ1v) is 11.0. The van der Waals surface area contributed by atoms with Crippen LogP contribution in [-0.4, -0.2) is 32.8 Å². The Labute approximate surface area is 192 Å². The first kappa shape index (κ1) is 20.9. The van der Waals surface area contributed by atoms with E-state index in [2.05, 4.69) is 4.98 Å². The molecule has 6 heteroatoms. The van der Waals surface area contributed by atoms with Gasteiger partial charge >= 0.3 is 0 Å². The Morgan fingerprint density at radius 1 is 1.15 bits per heavy atom. The number of aryl methyl sites for hydroxylation is 1. The lowest BCUT2D eigenvalue weighted by Crippen LogP contribution is -2.29. The number of aliphatic hydroxyl groups excluding tert-OH is 1. The molecule has 166 valence electrons. The Kier molecular flexibility index (Phi) is 5.21. The van der Waals surface area contributed by atoms with Gasteiger partial charge in [0.15, 0.2) is 0 Å². The van der Waals surface area contributed by atoms with Crippen LogP contribution in [0.4, 0.5) is 0 Å². The second-order valence-corrected chi connectivity index (χ2v) is 8.65. The van der Waals surface area contributed by atoms with Crippen LogP contribution in [0, 0.1) is 6.92 Å². The summed E-state index contributed by atoms with van der Waals surface area (Å²) in [5, 5.41) is 11.3. The molecule has 1 aromatic heterocycles. The Balaban J connectivity index is 1.62. The van der Waals surface area contributed by atoms with Crippen LogP contribution in [0.1, 0.15) is 40.8 Å². The molecule has 2 aliphatic heterocycles. The van der Waals surface area contributed by atoms with Gasteiger partial charge in [0.25, 0.3) is 11.7 Å². The van der Waals surface area contributed by atoms with E-state index in [0.717, 1.165) is 34.4 Å². The fraction of sp³-hybridized carbons (Fsp3) is 0.222. The summed E-state index contributed by atoms with van der Waals surface area (Å²) in [6, 6.07) is 16.0. The number of likely N-dealkylation sites (tertiary alicyclic amines) is 1. The van der Waals surface area contributed by atoms with Gasteiger partial charge in [0.05, 0.1) is 11.6 Å². The third kappa shape index (κ3) is 3.78. The summed E-state index contributed by atoms with van der Waals surface area (Å²) in [7, 11) is 0. The zero-order chi connectivity index (χ0) is 23.1. The fourth-order valence-electron chi connectivity index (χ4n) is 4.55. The molecule has 2 aliphatic rings. The Hall–Kier alpha value is -3.93. The molecule has 3 heterocycles. The smallest absolute Gasteiger partial charge is 0.295 e. The van der Waals surface area contributed by atoms with Crippen LogP contribution in [0.15, 0.2) is 72.6 Å². The summed E-state index contributed by atoms with van der Waals surface area (Å²) in [5.74, 6) is -0.711. The SMILES string of the molecule is Cc1ccc(C2C(=C(O)c3ccc4c(c3)CC(C)O4)C(=O)C(=O)N2Cc2cccnc2)cc1. The molecule has 1 saturated heterocycles. The number of fused-ring (bicyclic) bond motifs is 1. The molecule has 1 fully saturated rings. The molecule has 0 saturated carbocycles. The van der Waals surface area contributed by atoms with Crippen LogP contribution in [0.25, 0.3) is 5.76 Å². The van der Waals surface area contributed by atoms with Gasteiger partial charge in [-0.3, -0.25) is 14.6 Å². The molecule has 2 atom stereocenters. The summed E-state index contributed by atoms with van der Waals surface area (Å²) >= 11 is 0. The average Bonchev–Trinajstić information content (AvgIpc) is 3.31. The minimum atomic E-state index is -0.700. The number of pyridine rings is 1. The van der Waals surface area contributed by atoms with Gasteiger partial charge < -0.3 is 14.7 Å². The topological polar surface area (TPSA) is 79.7 Å². The van der Waals surface area contributed by atoms with Crippen molar-refractivity contribution in [3.8, 4) is 5.75 Å². The van der Waals surface area contributed by atoms with Gasteiger partial charge in [0.2, 0.25) is 0 Å². The molecular weight excluding hydrogens is 416 g/mol. The average molecular weight is 440 g/mol. The summed E-state index contributed by atoms with van der Waals surface area (Å²) in [6.07, 6.45) is 4.13. The van der Waals surface area contributed by atoms with Gasteiger partial charge in [0.1, 0.15) is 17.6 Å². The molecule has 0 aliphatic carbocycles. The lowest BCUT2D eigenvalue weighted by molar-refractivity contribution is -0.140. The summed E-state index contributed by atoms with van der Waals surface area (Å²) in [5.41, 5.74) is 4.21. The predicted molar refractivity (Wildman–Crippen MR) is 123 cm³/mol. The second-order valence-electron chi connectivity index (χ2n) is 8.65. The van der Waals surface area contributed by atoms with E-state index in [4.69, 9.17) is 4.74 Å². The highest BCUT2D eigenvalue weighted by molar-refractivity contribution is 6.46. The zero-order valence-electron chi connectivity index (χ0n) is 18.5. The molecular formula is C27H24N2O4. The highest BCUT2D eigenvalue weighted by atomic mass is 16.5. The Morgan fingerprint density at radius 2 is 1.94 bits per heavy atom. The molecule has 3 aromatic rings. The van der Waals surface area contributed by atoms with Crippen LogP contribution in [-0.2, 0) is 22.6 Å². The van der Waals surface area contributed by atoms with Gasteiger partial charge in [-0.15, -0.1) is 0 Å². The van der Waals surface area contributed by atoms with Crippen LogP contribution < -0.4 is 4.74 Å². The van der Waals surface area contributed by atoms with E-state index in [9.17, 15) is 14.7 Å². The van der Waals surface area contributed by atoms with Crippen molar-refractivity contribution in [1.29, 1.82) is 0 Å². The summed E-state index contributed by atoms with van der Waals surface area (Å²) < 4.78 is 5.76.